The highest BCUT2D eigenvalue weighted by molar-refractivity contribution is 7.92. The Labute approximate surface area is 131 Å². The fourth-order valence-electron chi connectivity index (χ4n) is 2.34. The third-order valence-corrected chi connectivity index (χ3v) is 7.10. The Kier molecular flexibility index (Phi) is 5.56. The molecule has 0 atom stereocenters. The van der Waals surface area contributed by atoms with Gasteiger partial charge in [-0.25, -0.2) is 21.6 Å². The molecule has 1 aliphatic heterocycles. The van der Waals surface area contributed by atoms with Gasteiger partial charge in [-0.05, 0) is 37.9 Å². The van der Waals surface area contributed by atoms with Crippen molar-refractivity contribution in [3.63, 3.8) is 0 Å². The van der Waals surface area contributed by atoms with Crippen LogP contribution in [0.1, 0.15) is 19.3 Å². The van der Waals surface area contributed by atoms with Crippen molar-refractivity contribution < 1.29 is 16.8 Å². The zero-order valence-electron chi connectivity index (χ0n) is 12.2. The van der Waals surface area contributed by atoms with Crippen LogP contribution in [0.25, 0.3) is 0 Å². The second-order valence-corrected chi connectivity index (χ2v) is 8.74. The molecule has 1 fully saturated rings. The normalized spacial score (nSPS) is 17.0. The first-order valence-corrected chi connectivity index (χ1v) is 10.1. The molecule has 3 N–H and O–H groups in total. The minimum absolute atomic E-state index is 0.169. The molecule has 0 saturated carbocycles. The predicted octanol–water partition coefficient (Wildman–Crippen LogP) is 0.0982. The molecule has 0 radical (unpaired) electrons. The van der Waals surface area contributed by atoms with Gasteiger partial charge in [0.15, 0.2) is 0 Å². The summed E-state index contributed by atoms with van der Waals surface area (Å²) in [6.07, 6.45) is 2.08. The van der Waals surface area contributed by atoms with Gasteiger partial charge in [0.2, 0.25) is 20.0 Å². The largest absolute Gasteiger partial charge is 0.330 e. The summed E-state index contributed by atoms with van der Waals surface area (Å²) in [6.45, 7) is 1.39. The minimum Gasteiger partial charge on any atom is -0.330 e. The van der Waals surface area contributed by atoms with Gasteiger partial charge in [-0.2, -0.15) is 4.31 Å². The van der Waals surface area contributed by atoms with Crippen LogP contribution in [0.5, 0.6) is 0 Å². The number of nitrogens with zero attached hydrogens (tertiary/aromatic N) is 1. The summed E-state index contributed by atoms with van der Waals surface area (Å²) in [6, 6.07) is 5.70. The standard InChI is InChI=1S/C13H21N3O4S2/c14-8-5-9-15-21(17,18)12-6-1-2-7-13(12)22(19,20)16-10-3-4-11-16/h1-2,6-7,15H,3-5,8-11,14H2. The van der Waals surface area contributed by atoms with Gasteiger partial charge in [-0.15, -0.1) is 0 Å². The molecule has 0 aromatic heterocycles. The fourth-order valence-corrected chi connectivity index (χ4v) is 5.73. The molecule has 1 heterocycles. The summed E-state index contributed by atoms with van der Waals surface area (Å²) in [4.78, 5) is -0.379. The number of nitrogens with two attached hydrogens (primary N) is 1. The summed E-state index contributed by atoms with van der Waals surface area (Å²) >= 11 is 0. The Balaban J connectivity index is 2.38. The average molecular weight is 347 g/mol. The van der Waals surface area contributed by atoms with E-state index in [2.05, 4.69) is 4.72 Å². The summed E-state index contributed by atoms with van der Waals surface area (Å²) in [7, 11) is -7.68. The number of hydrogen-bond donors (Lipinski definition) is 2. The van der Waals surface area contributed by atoms with Gasteiger partial charge >= 0.3 is 0 Å². The quantitative estimate of drug-likeness (QED) is 0.680. The van der Waals surface area contributed by atoms with Crippen LogP contribution in [-0.2, 0) is 20.0 Å². The molecule has 9 heteroatoms. The summed E-state index contributed by atoms with van der Waals surface area (Å²) in [5, 5.41) is 0. The van der Waals surface area contributed by atoms with E-state index in [0.717, 1.165) is 12.8 Å². The van der Waals surface area contributed by atoms with E-state index >= 15 is 0 Å². The average Bonchev–Trinajstić information content (AvgIpc) is 3.02. The monoisotopic (exact) mass is 347 g/mol. The van der Waals surface area contributed by atoms with E-state index in [-0.39, 0.29) is 16.3 Å². The Bertz CT molecular complexity index is 711. The maximum absolute atomic E-state index is 12.6. The van der Waals surface area contributed by atoms with Gasteiger partial charge in [0.1, 0.15) is 9.79 Å². The molecular formula is C13H21N3O4S2. The van der Waals surface area contributed by atoms with Crippen LogP contribution >= 0.6 is 0 Å². The van der Waals surface area contributed by atoms with Crippen molar-refractivity contribution in [2.75, 3.05) is 26.2 Å². The lowest BCUT2D eigenvalue weighted by molar-refractivity contribution is 0.474. The predicted molar refractivity (Wildman–Crippen MR) is 83.3 cm³/mol. The third-order valence-electron chi connectivity index (χ3n) is 3.49. The van der Waals surface area contributed by atoms with Crippen LogP contribution in [0, 0.1) is 0 Å². The molecule has 0 bridgehead atoms. The first-order chi connectivity index (χ1) is 10.4. The first kappa shape index (κ1) is 17.4. The van der Waals surface area contributed by atoms with Crippen LogP contribution in [-0.4, -0.2) is 47.3 Å². The Morgan fingerprint density at radius 3 is 2.23 bits per heavy atom. The van der Waals surface area contributed by atoms with Crippen LogP contribution in [0.15, 0.2) is 34.1 Å². The van der Waals surface area contributed by atoms with Crippen molar-refractivity contribution >= 4 is 20.0 Å². The second-order valence-electron chi connectivity index (χ2n) is 5.10. The highest BCUT2D eigenvalue weighted by Crippen LogP contribution is 2.26. The maximum Gasteiger partial charge on any atom is 0.244 e. The third kappa shape index (κ3) is 3.66. The number of sulfonamides is 2. The first-order valence-electron chi connectivity index (χ1n) is 7.18. The SMILES string of the molecule is NCCCNS(=O)(=O)c1ccccc1S(=O)(=O)N1CCCC1. The van der Waals surface area contributed by atoms with Crippen molar-refractivity contribution in [2.24, 2.45) is 5.73 Å². The lowest BCUT2D eigenvalue weighted by Crippen LogP contribution is -2.32. The number of hydrogen-bond acceptors (Lipinski definition) is 5. The molecule has 1 aliphatic rings. The molecule has 0 aliphatic carbocycles. The number of nitrogens with one attached hydrogen (secondary N) is 1. The van der Waals surface area contributed by atoms with E-state index in [1.807, 2.05) is 0 Å². The molecule has 22 heavy (non-hydrogen) atoms. The molecule has 1 aromatic carbocycles. The lowest BCUT2D eigenvalue weighted by Gasteiger charge is -2.18. The highest BCUT2D eigenvalue weighted by Gasteiger charge is 2.32. The molecule has 0 spiro atoms. The lowest BCUT2D eigenvalue weighted by atomic mass is 10.4. The van der Waals surface area contributed by atoms with Gasteiger partial charge in [-0.1, -0.05) is 12.1 Å². The summed E-state index contributed by atoms with van der Waals surface area (Å²) in [5.41, 5.74) is 5.34. The van der Waals surface area contributed by atoms with Crippen LogP contribution in [0.3, 0.4) is 0 Å². The molecule has 0 unspecified atom stereocenters. The van der Waals surface area contributed by atoms with Crippen molar-refractivity contribution in [3.8, 4) is 0 Å². The summed E-state index contributed by atoms with van der Waals surface area (Å²) < 4.78 is 53.7. The summed E-state index contributed by atoms with van der Waals surface area (Å²) in [5.74, 6) is 0. The fraction of sp³-hybridized carbons (Fsp3) is 0.538. The van der Waals surface area contributed by atoms with E-state index in [1.165, 1.54) is 28.6 Å². The Hall–Kier alpha value is -1.00. The van der Waals surface area contributed by atoms with Gasteiger partial charge in [0.05, 0.1) is 0 Å². The van der Waals surface area contributed by atoms with Gasteiger partial charge < -0.3 is 5.73 Å². The smallest absolute Gasteiger partial charge is 0.244 e. The van der Waals surface area contributed by atoms with Crippen molar-refractivity contribution in [1.29, 1.82) is 0 Å². The zero-order chi connectivity index (χ0) is 16.2. The van der Waals surface area contributed by atoms with Crippen molar-refractivity contribution in [2.45, 2.75) is 29.1 Å². The number of benzene rings is 1. The topological polar surface area (TPSA) is 110 Å². The Morgan fingerprint density at radius 2 is 1.64 bits per heavy atom. The zero-order valence-corrected chi connectivity index (χ0v) is 13.9. The molecule has 124 valence electrons. The Morgan fingerprint density at radius 1 is 1.05 bits per heavy atom. The molecule has 2 rings (SSSR count). The molecule has 7 nitrogen and oxygen atoms in total. The second kappa shape index (κ2) is 7.05. The van der Waals surface area contributed by atoms with Crippen LogP contribution in [0.2, 0.25) is 0 Å². The molecule has 0 amide bonds. The van der Waals surface area contributed by atoms with E-state index in [0.29, 0.717) is 26.1 Å². The highest BCUT2D eigenvalue weighted by atomic mass is 32.2. The van der Waals surface area contributed by atoms with E-state index < -0.39 is 20.0 Å². The molecule has 1 saturated heterocycles. The van der Waals surface area contributed by atoms with Crippen molar-refractivity contribution in [3.05, 3.63) is 24.3 Å². The van der Waals surface area contributed by atoms with Crippen molar-refractivity contribution in [1.82, 2.24) is 9.03 Å². The van der Waals surface area contributed by atoms with E-state index in [4.69, 9.17) is 5.73 Å². The maximum atomic E-state index is 12.6. The minimum atomic E-state index is -3.89. The number of rotatable bonds is 7. The van der Waals surface area contributed by atoms with Gasteiger partial charge in [0.25, 0.3) is 0 Å². The van der Waals surface area contributed by atoms with E-state index in [1.54, 1.807) is 0 Å². The molecular weight excluding hydrogens is 326 g/mol. The van der Waals surface area contributed by atoms with Gasteiger partial charge in [0, 0.05) is 19.6 Å². The van der Waals surface area contributed by atoms with E-state index in [9.17, 15) is 16.8 Å². The van der Waals surface area contributed by atoms with Crippen LogP contribution < -0.4 is 10.5 Å². The molecule has 1 aromatic rings. The van der Waals surface area contributed by atoms with Crippen LogP contribution in [0.4, 0.5) is 0 Å². The van der Waals surface area contributed by atoms with Gasteiger partial charge in [-0.3, -0.25) is 0 Å².